The van der Waals surface area contributed by atoms with Crippen LogP contribution in [0.4, 0.5) is 0 Å². The summed E-state index contributed by atoms with van der Waals surface area (Å²) in [5.41, 5.74) is 2.25. The van der Waals surface area contributed by atoms with E-state index in [-0.39, 0.29) is 17.5 Å². The van der Waals surface area contributed by atoms with Gasteiger partial charge in [-0.25, -0.2) is 9.89 Å². The van der Waals surface area contributed by atoms with Gasteiger partial charge in [-0.3, -0.25) is 9.78 Å². The molecule has 0 unspecified atom stereocenters. The summed E-state index contributed by atoms with van der Waals surface area (Å²) in [4.78, 5) is 25.6. The quantitative estimate of drug-likeness (QED) is 0.701. The second-order valence-corrected chi connectivity index (χ2v) is 5.82. The maximum absolute atomic E-state index is 12.1. The van der Waals surface area contributed by atoms with Crippen molar-refractivity contribution >= 4 is 5.91 Å². The third-order valence-electron chi connectivity index (χ3n) is 4.15. The molecule has 0 spiro atoms. The topological polar surface area (TPSA) is 90.6 Å². The molecule has 6 heteroatoms. The summed E-state index contributed by atoms with van der Waals surface area (Å²) >= 11 is 0. The maximum Gasteiger partial charge on any atom is 0.340 e. The lowest BCUT2D eigenvalue weighted by Gasteiger charge is -2.06. The van der Waals surface area contributed by atoms with Crippen molar-refractivity contribution in [2.75, 3.05) is 6.54 Å². The van der Waals surface area contributed by atoms with Gasteiger partial charge in [0.15, 0.2) is 0 Å². The predicted octanol–water partition coefficient (Wildman–Crippen LogP) is 1.26. The molecular formula is C16H20N4O2. The largest absolute Gasteiger partial charge is 0.356 e. The van der Waals surface area contributed by atoms with Crippen molar-refractivity contribution in [1.82, 2.24) is 20.5 Å². The van der Waals surface area contributed by atoms with Crippen LogP contribution in [0, 0.1) is 12.8 Å². The van der Waals surface area contributed by atoms with Crippen molar-refractivity contribution < 1.29 is 4.79 Å². The monoisotopic (exact) mass is 300 g/mol. The molecule has 1 saturated carbocycles. The molecule has 1 aromatic carbocycles. The Bertz CT molecular complexity index is 719. The number of aromatic amines is 2. The zero-order chi connectivity index (χ0) is 15.5. The van der Waals surface area contributed by atoms with Crippen molar-refractivity contribution in [3.8, 4) is 0 Å². The number of carbonyl (C=O) groups is 1. The van der Waals surface area contributed by atoms with Crippen LogP contribution in [0.15, 0.2) is 29.1 Å². The normalized spacial score (nSPS) is 19.9. The van der Waals surface area contributed by atoms with E-state index < -0.39 is 0 Å². The van der Waals surface area contributed by atoms with Crippen molar-refractivity contribution in [1.29, 1.82) is 0 Å². The number of nitrogens with zero attached hydrogens (tertiary/aromatic N) is 1. The Hall–Kier alpha value is -2.37. The van der Waals surface area contributed by atoms with E-state index in [0.717, 1.165) is 12.8 Å². The van der Waals surface area contributed by atoms with E-state index >= 15 is 0 Å². The lowest BCUT2D eigenvalue weighted by atomic mass is 10.0. The van der Waals surface area contributed by atoms with Gasteiger partial charge in [0.25, 0.3) is 0 Å². The van der Waals surface area contributed by atoms with Crippen molar-refractivity contribution in [3.63, 3.8) is 0 Å². The van der Waals surface area contributed by atoms with Crippen LogP contribution in [0.1, 0.15) is 35.7 Å². The number of benzene rings is 1. The fourth-order valence-electron chi connectivity index (χ4n) is 2.85. The van der Waals surface area contributed by atoms with Crippen molar-refractivity contribution in [3.05, 3.63) is 51.7 Å². The van der Waals surface area contributed by atoms with Crippen LogP contribution >= 0.6 is 0 Å². The summed E-state index contributed by atoms with van der Waals surface area (Å²) in [7, 11) is 0. The van der Waals surface area contributed by atoms with Crippen LogP contribution in [0.3, 0.4) is 0 Å². The van der Waals surface area contributed by atoms with E-state index in [4.69, 9.17) is 0 Å². The van der Waals surface area contributed by atoms with Crippen LogP contribution in [-0.4, -0.2) is 27.6 Å². The minimum atomic E-state index is -0.293. The molecule has 3 rings (SSSR count). The first-order valence-corrected chi connectivity index (χ1v) is 7.62. The van der Waals surface area contributed by atoms with E-state index in [0.29, 0.717) is 24.7 Å². The zero-order valence-electron chi connectivity index (χ0n) is 12.6. The minimum Gasteiger partial charge on any atom is -0.356 e. The molecule has 0 bridgehead atoms. The average molecular weight is 300 g/mol. The molecule has 22 heavy (non-hydrogen) atoms. The van der Waals surface area contributed by atoms with E-state index in [1.165, 1.54) is 11.1 Å². The predicted molar refractivity (Wildman–Crippen MR) is 82.6 cm³/mol. The Morgan fingerprint density at radius 2 is 2.23 bits per heavy atom. The fourth-order valence-corrected chi connectivity index (χ4v) is 2.85. The van der Waals surface area contributed by atoms with Crippen LogP contribution in [0.5, 0.6) is 0 Å². The number of hydrogen-bond acceptors (Lipinski definition) is 3. The molecule has 1 amide bonds. The van der Waals surface area contributed by atoms with E-state index in [1.54, 1.807) is 0 Å². The summed E-state index contributed by atoms with van der Waals surface area (Å²) in [5, 5.41) is 9.13. The summed E-state index contributed by atoms with van der Waals surface area (Å²) < 4.78 is 0. The van der Waals surface area contributed by atoms with Gasteiger partial charge in [-0.2, -0.15) is 5.10 Å². The first-order valence-electron chi connectivity index (χ1n) is 7.62. The molecule has 1 heterocycles. The van der Waals surface area contributed by atoms with Gasteiger partial charge < -0.3 is 5.32 Å². The first-order chi connectivity index (χ1) is 10.6. The highest BCUT2D eigenvalue weighted by atomic mass is 16.2. The highest BCUT2D eigenvalue weighted by Crippen LogP contribution is 2.48. The molecule has 116 valence electrons. The molecule has 0 aliphatic heterocycles. The summed E-state index contributed by atoms with van der Waals surface area (Å²) in [5.74, 6) is 1.22. The van der Waals surface area contributed by atoms with Gasteiger partial charge in [0.1, 0.15) is 5.82 Å². The minimum absolute atomic E-state index is 0.103. The van der Waals surface area contributed by atoms with Gasteiger partial charge in [-0.15, -0.1) is 0 Å². The summed E-state index contributed by atoms with van der Waals surface area (Å²) in [6, 6.07) is 8.25. The number of H-pyrrole nitrogens is 2. The van der Waals surface area contributed by atoms with Gasteiger partial charge in [0.05, 0.1) is 0 Å². The van der Waals surface area contributed by atoms with Gasteiger partial charge in [0, 0.05) is 18.9 Å². The van der Waals surface area contributed by atoms with E-state index in [9.17, 15) is 9.59 Å². The first kappa shape index (κ1) is 14.6. The average Bonchev–Trinajstić information content (AvgIpc) is 3.19. The highest BCUT2D eigenvalue weighted by Gasteiger charge is 2.44. The second-order valence-electron chi connectivity index (χ2n) is 5.82. The second kappa shape index (κ2) is 6.17. The maximum atomic E-state index is 12.1. The third kappa shape index (κ3) is 3.27. The SMILES string of the molecule is Cc1ccccc1[C@@H]1C[C@H]1C(=O)NCCCc1n[nH]c(=O)[nH]1. The Balaban J connectivity index is 1.42. The number of carbonyl (C=O) groups excluding carboxylic acids is 1. The fraction of sp³-hybridized carbons (Fsp3) is 0.438. The number of nitrogens with one attached hydrogen (secondary N) is 3. The standard InChI is InChI=1S/C16H20N4O2/c1-10-5-2-3-6-11(10)12-9-13(12)15(21)17-8-4-7-14-18-16(22)20-19-14/h2-3,5-6,12-13H,4,7-9H2,1H3,(H,17,21)(H2,18,19,20,22)/t12-,13+/m0/s1. The smallest absolute Gasteiger partial charge is 0.340 e. The highest BCUT2D eigenvalue weighted by molar-refractivity contribution is 5.83. The van der Waals surface area contributed by atoms with Gasteiger partial charge in [-0.1, -0.05) is 24.3 Å². The van der Waals surface area contributed by atoms with Crippen molar-refractivity contribution in [2.24, 2.45) is 5.92 Å². The van der Waals surface area contributed by atoms with Gasteiger partial charge in [-0.05, 0) is 36.8 Å². The third-order valence-corrected chi connectivity index (χ3v) is 4.15. The Morgan fingerprint density at radius 3 is 2.95 bits per heavy atom. The van der Waals surface area contributed by atoms with Crippen LogP contribution in [-0.2, 0) is 11.2 Å². The molecule has 3 N–H and O–H groups in total. The lowest BCUT2D eigenvalue weighted by molar-refractivity contribution is -0.122. The number of aromatic nitrogens is 3. The zero-order valence-corrected chi connectivity index (χ0v) is 12.6. The molecule has 0 saturated heterocycles. The van der Waals surface area contributed by atoms with Gasteiger partial charge >= 0.3 is 5.69 Å². The Labute approximate surface area is 128 Å². The molecule has 1 aliphatic carbocycles. The number of amides is 1. The number of hydrogen-bond donors (Lipinski definition) is 3. The van der Waals surface area contributed by atoms with Crippen LogP contribution in [0.25, 0.3) is 0 Å². The molecule has 2 aromatic rings. The number of aryl methyl sites for hydroxylation is 2. The van der Waals surface area contributed by atoms with E-state index in [1.807, 2.05) is 12.1 Å². The Kier molecular flexibility index (Phi) is 4.09. The molecule has 2 atom stereocenters. The summed E-state index contributed by atoms with van der Waals surface area (Å²) in [6.07, 6.45) is 2.34. The molecule has 1 aliphatic rings. The summed E-state index contributed by atoms with van der Waals surface area (Å²) in [6.45, 7) is 2.69. The number of rotatable bonds is 6. The van der Waals surface area contributed by atoms with Gasteiger partial charge in [0.2, 0.25) is 5.91 Å². The van der Waals surface area contributed by atoms with E-state index in [2.05, 4.69) is 39.6 Å². The van der Waals surface area contributed by atoms with Crippen molar-refractivity contribution in [2.45, 2.75) is 32.1 Å². The molecule has 6 nitrogen and oxygen atoms in total. The molecular weight excluding hydrogens is 280 g/mol. The van der Waals surface area contributed by atoms with Crippen LogP contribution in [0.2, 0.25) is 0 Å². The van der Waals surface area contributed by atoms with Crippen LogP contribution < -0.4 is 11.0 Å². The molecule has 1 fully saturated rings. The Morgan fingerprint density at radius 1 is 1.41 bits per heavy atom. The molecule has 1 aromatic heterocycles. The lowest BCUT2D eigenvalue weighted by Crippen LogP contribution is -2.26. The molecule has 0 radical (unpaired) electrons.